The molecule has 1 fully saturated rings. The maximum atomic E-state index is 10.8. The number of hydrogen-bond acceptors (Lipinski definition) is 4. The Balaban J connectivity index is 2.52. The second-order valence-electron chi connectivity index (χ2n) is 3.85. The topological polar surface area (TPSA) is 55.8 Å². The molecule has 1 rings (SSSR count). The minimum absolute atomic E-state index is 0.0647. The number of ether oxygens (including phenoxy) is 2. The average molecular weight is 188 g/mol. The van der Waals surface area contributed by atoms with Crippen LogP contribution in [0.2, 0.25) is 0 Å². The van der Waals surface area contributed by atoms with Gasteiger partial charge < -0.3 is 14.6 Å². The first-order valence-electron chi connectivity index (χ1n) is 4.42. The van der Waals surface area contributed by atoms with Crippen molar-refractivity contribution in [3.05, 3.63) is 0 Å². The summed E-state index contributed by atoms with van der Waals surface area (Å²) in [5.41, 5.74) is 0. The van der Waals surface area contributed by atoms with Gasteiger partial charge in [0, 0.05) is 12.8 Å². The Morgan fingerprint density at radius 3 is 2.62 bits per heavy atom. The maximum Gasteiger partial charge on any atom is 0.166 e. The van der Waals surface area contributed by atoms with Gasteiger partial charge in [-0.1, -0.05) is 0 Å². The molecule has 0 radical (unpaired) electrons. The van der Waals surface area contributed by atoms with E-state index in [1.807, 2.05) is 0 Å². The average Bonchev–Trinajstić information content (AvgIpc) is 1.78. The van der Waals surface area contributed by atoms with Gasteiger partial charge in [0.25, 0.3) is 0 Å². The largest absolute Gasteiger partial charge is 0.368 e. The Kier molecular flexibility index (Phi) is 3.05. The first-order valence-corrected chi connectivity index (χ1v) is 4.42. The molecule has 1 aliphatic rings. The van der Waals surface area contributed by atoms with Crippen LogP contribution in [0.15, 0.2) is 0 Å². The highest BCUT2D eigenvalue weighted by Gasteiger charge is 2.34. The van der Waals surface area contributed by atoms with Crippen LogP contribution in [0.25, 0.3) is 0 Å². The third-order valence-electron chi connectivity index (χ3n) is 1.85. The predicted octanol–water partition coefficient (Wildman–Crippen LogP) is 0.825. The van der Waals surface area contributed by atoms with Crippen molar-refractivity contribution in [3.63, 3.8) is 0 Å². The summed E-state index contributed by atoms with van der Waals surface area (Å²) in [4.78, 5) is 10.8. The second kappa shape index (κ2) is 3.74. The second-order valence-corrected chi connectivity index (χ2v) is 3.85. The summed E-state index contributed by atoms with van der Waals surface area (Å²) >= 11 is 0. The van der Waals surface area contributed by atoms with E-state index in [1.54, 1.807) is 13.8 Å². The number of Topliss-reactive ketones (excluding diaryl/α,β-unsaturated/α-hetero) is 1. The van der Waals surface area contributed by atoms with Gasteiger partial charge in [-0.25, -0.2) is 0 Å². The Bertz CT molecular complexity index is 200. The Hall–Kier alpha value is -0.450. The van der Waals surface area contributed by atoms with Crippen LogP contribution in [-0.2, 0) is 14.3 Å². The van der Waals surface area contributed by atoms with E-state index in [9.17, 15) is 9.90 Å². The van der Waals surface area contributed by atoms with Gasteiger partial charge >= 0.3 is 0 Å². The van der Waals surface area contributed by atoms with E-state index in [2.05, 4.69) is 0 Å². The Labute approximate surface area is 77.8 Å². The summed E-state index contributed by atoms with van der Waals surface area (Å²) in [6.45, 7) is 4.96. The van der Waals surface area contributed by atoms with Crippen molar-refractivity contribution in [3.8, 4) is 0 Å². The van der Waals surface area contributed by atoms with Crippen molar-refractivity contribution < 1.29 is 19.4 Å². The van der Waals surface area contributed by atoms with Crippen LogP contribution in [-0.4, -0.2) is 29.1 Å². The lowest BCUT2D eigenvalue weighted by molar-refractivity contribution is -0.340. The summed E-state index contributed by atoms with van der Waals surface area (Å²) in [6.07, 6.45) is -0.350. The molecule has 0 saturated carbocycles. The standard InChI is InChI=1S/C9H16O4/c1-6(10)4-7-5-8(11)13-9(2,3)12-7/h7-8,11H,4-5H2,1-3H3/t7-,8-/m0/s1. The number of aliphatic hydroxyl groups excluding tert-OH is 1. The molecule has 0 aromatic rings. The third kappa shape index (κ3) is 3.42. The predicted molar refractivity (Wildman–Crippen MR) is 46.0 cm³/mol. The van der Waals surface area contributed by atoms with E-state index in [1.165, 1.54) is 6.92 Å². The Morgan fingerprint density at radius 1 is 1.54 bits per heavy atom. The van der Waals surface area contributed by atoms with Crippen LogP contribution >= 0.6 is 0 Å². The van der Waals surface area contributed by atoms with Gasteiger partial charge in [0.15, 0.2) is 12.1 Å². The number of aliphatic hydroxyl groups is 1. The number of ketones is 1. The van der Waals surface area contributed by atoms with Crippen molar-refractivity contribution >= 4 is 5.78 Å². The van der Waals surface area contributed by atoms with Crippen LogP contribution in [0.5, 0.6) is 0 Å². The van der Waals surface area contributed by atoms with Crippen molar-refractivity contribution in [2.45, 2.75) is 51.8 Å². The van der Waals surface area contributed by atoms with Crippen molar-refractivity contribution in [1.29, 1.82) is 0 Å². The minimum Gasteiger partial charge on any atom is -0.368 e. The van der Waals surface area contributed by atoms with Crippen LogP contribution in [0.4, 0.5) is 0 Å². The van der Waals surface area contributed by atoms with Gasteiger partial charge in [-0.2, -0.15) is 0 Å². The molecule has 0 bridgehead atoms. The van der Waals surface area contributed by atoms with E-state index in [0.29, 0.717) is 12.8 Å². The first-order chi connectivity index (χ1) is 5.89. The van der Waals surface area contributed by atoms with Crippen molar-refractivity contribution in [1.82, 2.24) is 0 Å². The third-order valence-corrected chi connectivity index (χ3v) is 1.85. The van der Waals surface area contributed by atoms with E-state index < -0.39 is 12.1 Å². The summed E-state index contributed by atoms with van der Waals surface area (Å²) in [5.74, 6) is -0.729. The number of hydrogen-bond donors (Lipinski definition) is 1. The molecule has 0 aliphatic carbocycles. The molecule has 1 saturated heterocycles. The van der Waals surface area contributed by atoms with Gasteiger partial charge in [0.1, 0.15) is 5.78 Å². The monoisotopic (exact) mass is 188 g/mol. The minimum atomic E-state index is -0.826. The molecule has 0 aromatic heterocycles. The van der Waals surface area contributed by atoms with Crippen molar-refractivity contribution in [2.75, 3.05) is 0 Å². The molecule has 4 nitrogen and oxygen atoms in total. The Morgan fingerprint density at radius 2 is 2.15 bits per heavy atom. The molecule has 76 valence electrons. The van der Waals surface area contributed by atoms with Crippen LogP contribution in [0.1, 0.15) is 33.6 Å². The lowest BCUT2D eigenvalue weighted by Gasteiger charge is -2.38. The molecule has 4 heteroatoms. The molecule has 2 atom stereocenters. The zero-order valence-corrected chi connectivity index (χ0v) is 8.24. The highest BCUT2D eigenvalue weighted by atomic mass is 16.8. The lowest BCUT2D eigenvalue weighted by Crippen LogP contribution is -2.45. The quantitative estimate of drug-likeness (QED) is 0.697. The summed E-state index contributed by atoms with van der Waals surface area (Å²) in [6, 6.07) is 0. The maximum absolute atomic E-state index is 10.8. The van der Waals surface area contributed by atoms with Gasteiger partial charge in [-0.3, -0.25) is 4.79 Å². The lowest BCUT2D eigenvalue weighted by atomic mass is 10.1. The summed E-state index contributed by atoms with van der Waals surface area (Å²) in [7, 11) is 0. The van der Waals surface area contributed by atoms with Crippen LogP contribution < -0.4 is 0 Å². The van der Waals surface area contributed by atoms with Crippen LogP contribution in [0.3, 0.4) is 0 Å². The normalized spacial score (nSPS) is 32.9. The van der Waals surface area contributed by atoms with Gasteiger partial charge in [0.2, 0.25) is 0 Å². The fourth-order valence-corrected chi connectivity index (χ4v) is 1.52. The SMILES string of the molecule is CC(=O)C[C@H]1C[C@@H](O)OC(C)(C)O1. The molecule has 13 heavy (non-hydrogen) atoms. The highest BCUT2D eigenvalue weighted by molar-refractivity contribution is 5.75. The highest BCUT2D eigenvalue weighted by Crippen LogP contribution is 2.26. The summed E-state index contributed by atoms with van der Waals surface area (Å²) in [5, 5.41) is 9.31. The molecule has 1 heterocycles. The van der Waals surface area contributed by atoms with Crippen molar-refractivity contribution in [2.24, 2.45) is 0 Å². The zero-order chi connectivity index (χ0) is 10.1. The van der Waals surface area contributed by atoms with Gasteiger partial charge in [0.05, 0.1) is 6.10 Å². The molecular formula is C9H16O4. The molecule has 1 aliphatic heterocycles. The van der Waals surface area contributed by atoms with Crippen LogP contribution in [0, 0.1) is 0 Å². The van der Waals surface area contributed by atoms with E-state index >= 15 is 0 Å². The van der Waals surface area contributed by atoms with E-state index in [0.717, 1.165) is 0 Å². The number of rotatable bonds is 2. The van der Waals surface area contributed by atoms with Gasteiger partial charge in [-0.05, 0) is 20.8 Å². The molecule has 0 aromatic carbocycles. The first kappa shape index (κ1) is 10.6. The van der Waals surface area contributed by atoms with E-state index in [-0.39, 0.29) is 11.9 Å². The smallest absolute Gasteiger partial charge is 0.166 e. The zero-order valence-electron chi connectivity index (χ0n) is 8.24. The molecule has 1 N–H and O–H groups in total. The number of carbonyl (C=O) groups is 1. The molecule has 0 amide bonds. The fraction of sp³-hybridized carbons (Fsp3) is 0.889. The summed E-state index contributed by atoms with van der Waals surface area (Å²) < 4.78 is 10.6. The van der Waals surface area contributed by atoms with Gasteiger partial charge in [-0.15, -0.1) is 0 Å². The molecular weight excluding hydrogens is 172 g/mol. The molecule has 0 spiro atoms. The number of carbonyl (C=O) groups excluding carboxylic acids is 1. The van der Waals surface area contributed by atoms with E-state index in [4.69, 9.17) is 9.47 Å². The molecule has 0 unspecified atom stereocenters. The fourth-order valence-electron chi connectivity index (χ4n) is 1.52.